The molecule has 3 aromatic rings. The number of nitrogens with one attached hydrogen (secondary N) is 1. The van der Waals surface area contributed by atoms with Gasteiger partial charge in [-0.05, 0) is 42.1 Å². The van der Waals surface area contributed by atoms with Gasteiger partial charge in [-0.1, -0.05) is 25.1 Å². The third-order valence-electron chi connectivity index (χ3n) is 3.65. The number of hydrogen-bond donors (Lipinski definition) is 1. The number of fused-ring (bicyclic) bond motifs is 1. The van der Waals surface area contributed by atoms with Gasteiger partial charge in [-0.25, -0.2) is 0 Å². The van der Waals surface area contributed by atoms with Crippen molar-refractivity contribution in [2.45, 2.75) is 26.4 Å². The Hall–Kier alpha value is -1.58. The van der Waals surface area contributed by atoms with Crippen LogP contribution in [-0.2, 0) is 19.5 Å². The van der Waals surface area contributed by atoms with E-state index in [0.717, 1.165) is 26.1 Å². The van der Waals surface area contributed by atoms with Crippen LogP contribution < -0.4 is 5.32 Å². The molecule has 104 valence electrons. The minimum atomic E-state index is 0.947. The molecule has 0 atom stereocenters. The molecule has 1 aromatic carbocycles. The predicted octanol–water partition coefficient (Wildman–Crippen LogP) is 4.06. The zero-order valence-corrected chi connectivity index (χ0v) is 12.6. The van der Waals surface area contributed by atoms with Crippen LogP contribution in [-0.4, -0.2) is 11.1 Å². The lowest BCUT2D eigenvalue weighted by molar-refractivity contribution is 0.725. The minimum absolute atomic E-state index is 0.947. The van der Waals surface area contributed by atoms with Crippen LogP contribution in [0.25, 0.3) is 10.9 Å². The molecule has 2 nitrogen and oxygen atoms in total. The Kier molecular flexibility index (Phi) is 4.19. The largest absolute Gasteiger partial charge is 0.347 e. The van der Waals surface area contributed by atoms with E-state index in [1.807, 2.05) is 11.3 Å². The number of nitrogens with zero attached hydrogens (tertiary/aromatic N) is 1. The topological polar surface area (TPSA) is 17.0 Å². The van der Waals surface area contributed by atoms with E-state index in [1.165, 1.54) is 21.3 Å². The van der Waals surface area contributed by atoms with Crippen LogP contribution in [0.1, 0.15) is 17.4 Å². The third kappa shape index (κ3) is 2.79. The summed E-state index contributed by atoms with van der Waals surface area (Å²) in [7, 11) is 0. The molecule has 3 rings (SSSR count). The van der Waals surface area contributed by atoms with Crippen LogP contribution in [0.3, 0.4) is 0 Å². The molecular weight excluding hydrogens is 264 g/mol. The first-order chi connectivity index (χ1) is 9.88. The van der Waals surface area contributed by atoms with E-state index < -0.39 is 0 Å². The highest BCUT2D eigenvalue weighted by Gasteiger charge is 2.05. The summed E-state index contributed by atoms with van der Waals surface area (Å²) in [6.07, 6.45) is 3.33. The fraction of sp³-hybridized carbons (Fsp3) is 0.294. The number of aromatic nitrogens is 1. The molecule has 2 heterocycles. The first-order valence-electron chi connectivity index (χ1n) is 7.18. The van der Waals surface area contributed by atoms with Gasteiger partial charge in [-0.15, -0.1) is 11.3 Å². The van der Waals surface area contributed by atoms with E-state index in [2.05, 4.69) is 64.8 Å². The molecule has 0 amide bonds. The van der Waals surface area contributed by atoms with Crippen LogP contribution in [0.2, 0.25) is 0 Å². The van der Waals surface area contributed by atoms with Gasteiger partial charge in [0.1, 0.15) is 0 Å². The van der Waals surface area contributed by atoms with E-state index in [1.54, 1.807) is 0 Å². The standard InChI is InChI=1S/C17H20N2S/c1-2-18-13-14-5-3-7-17-16(14)9-11-19(17)10-8-15-6-4-12-20-15/h3-7,9,11-12,18H,2,8,10,13H2,1H3. The minimum Gasteiger partial charge on any atom is -0.347 e. The van der Waals surface area contributed by atoms with Gasteiger partial charge in [0.15, 0.2) is 0 Å². The SMILES string of the molecule is CCNCc1cccc2c1ccn2CCc1cccs1. The van der Waals surface area contributed by atoms with E-state index in [0.29, 0.717) is 0 Å². The van der Waals surface area contributed by atoms with E-state index >= 15 is 0 Å². The van der Waals surface area contributed by atoms with Gasteiger partial charge in [-0.3, -0.25) is 0 Å². The lowest BCUT2D eigenvalue weighted by Crippen LogP contribution is -2.11. The monoisotopic (exact) mass is 284 g/mol. The molecular formula is C17H20N2S. The average Bonchev–Trinajstić information content (AvgIpc) is 3.12. The van der Waals surface area contributed by atoms with Gasteiger partial charge in [0.2, 0.25) is 0 Å². The number of rotatable bonds is 6. The summed E-state index contributed by atoms with van der Waals surface area (Å²) < 4.78 is 2.37. The van der Waals surface area contributed by atoms with Crippen molar-refractivity contribution in [3.05, 3.63) is 58.4 Å². The van der Waals surface area contributed by atoms with Crippen LogP contribution in [0.5, 0.6) is 0 Å². The molecule has 0 bridgehead atoms. The highest BCUT2D eigenvalue weighted by Crippen LogP contribution is 2.21. The summed E-state index contributed by atoms with van der Waals surface area (Å²) >= 11 is 1.84. The average molecular weight is 284 g/mol. The lowest BCUT2D eigenvalue weighted by atomic mass is 10.1. The molecule has 2 aromatic heterocycles. The quantitative estimate of drug-likeness (QED) is 0.722. The van der Waals surface area contributed by atoms with Gasteiger partial charge >= 0.3 is 0 Å². The molecule has 3 heteroatoms. The second-order valence-electron chi connectivity index (χ2n) is 4.97. The highest BCUT2D eigenvalue weighted by molar-refractivity contribution is 7.09. The van der Waals surface area contributed by atoms with Crippen LogP contribution in [0.4, 0.5) is 0 Å². The number of thiophene rings is 1. The number of benzene rings is 1. The predicted molar refractivity (Wildman–Crippen MR) is 87.3 cm³/mol. The maximum Gasteiger partial charge on any atom is 0.0483 e. The van der Waals surface area contributed by atoms with Gasteiger partial charge in [-0.2, -0.15) is 0 Å². The molecule has 0 aliphatic carbocycles. The fourth-order valence-corrected chi connectivity index (χ4v) is 3.28. The van der Waals surface area contributed by atoms with Gasteiger partial charge in [0, 0.05) is 35.1 Å². The summed E-state index contributed by atoms with van der Waals surface area (Å²) in [5, 5.41) is 6.94. The van der Waals surface area contributed by atoms with E-state index in [4.69, 9.17) is 0 Å². The summed E-state index contributed by atoms with van der Waals surface area (Å²) in [6.45, 7) is 5.15. The Morgan fingerprint density at radius 1 is 1.15 bits per heavy atom. The lowest BCUT2D eigenvalue weighted by Gasteiger charge is -2.07. The Morgan fingerprint density at radius 2 is 2.10 bits per heavy atom. The second-order valence-corrected chi connectivity index (χ2v) is 6.00. The fourth-order valence-electron chi connectivity index (χ4n) is 2.58. The Labute approximate surface area is 124 Å². The summed E-state index contributed by atoms with van der Waals surface area (Å²) in [6, 6.07) is 13.2. The zero-order chi connectivity index (χ0) is 13.8. The van der Waals surface area contributed by atoms with Crippen molar-refractivity contribution in [3.8, 4) is 0 Å². The van der Waals surface area contributed by atoms with Gasteiger partial charge < -0.3 is 9.88 Å². The summed E-state index contributed by atoms with van der Waals surface area (Å²) in [5.74, 6) is 0. The van der Waals surface area contributed by atoms with E-state index in [9.17, 15) is 0 Å². The smallest absolute Gasteiger partial charge is 0.0483 e. The van der Waals surface area contributed by atoms with Crippen LogP contribution in [0.15, 0.2) is 48.0 Å². The second kappa shape index (κ2) is 6.25. The maximum absolute atomic E-state index is 3.41. The summed E-state index contributed by atoms with van der Waals surface area (Å²) in [4.78, 5) is 1.45. The first kappa shape index (κ1) is 13.4. The Bertz CT molecular complexity index is 667. The Balaban J connectivity index is 1.81. The molecule has 0 saturated heterocycles. The molecule has 0 unspecified atom stereocenters. The molecule has 0 aliphatic heterocycles. The zero-order valence-electron chi connectivity index (χ0n) is 11.8. The van der Waals surface area contributed by atoms with Crippen molar-refractivity contribution in [1.82, 2.24) is 9.88 Å². The van der Waals surface area contributed by atoms with Crippen molar-refractivity contribution < 1.29 is 0 Å². The Morgan fingerprint density at radius 3 is 2.90 bits per heavy atom. The van der Waals surface area contributed by atoms with Crippen molar-refractivity contribution in [3.63, 3.8) is 0 Å². The molecule has 0 fully saturated rings. The van der Waals surface area contributed by atoms with Crippen molar-refractivity contribution in [2.24, 2.45) is 0 Å². The van der Waals surface area contributed by atoms with Crippen molar-refractivity contribution in [2.75, 3.05) is 6.54 Å². The molecule has 0 radical (unpaired) electrons. The normalized spacial score (nSPS) is 11.2. The van der Waals surface area contributed by atoms with E-state index in [-0.39, 0.29) is 0 Å². The van der Waals surface area contributed by atoms with Gasteiger partial charge in [0.25, 0.3) is 0 Å². The van der Waals surface area contributed by atoms with Crippen LogP contribution in [0, 0.1) is 0 Å². The summed E-state index contributed by atoms with van der Waals surface area (Å²) in [5.41, 5.74) is 2.73. The highest BCUT2D eigenvalue weighted by atomic mass is 32.1. The van der Waals surface area contributed by atoms with Crippen LogP contribution >= 0.6 is 11.3 Å². The van der Waals surface area contributed by atoms with Gasteiger partial charge in [0.05, 0.1) is 0 Å². The molecule has 1 N–H and O–H groups in total. The molecule has 20 heavy (non-hydrogen) atoms. The first-order valence-corrected chi connectivity index (χ1v) is 8.06. The molecule has 0 spiro atoms. The molecule has 0 saturated carbocycles. The third-order valence-corrected chi connectivity index (χ3v) is 4.58. The maximum atomic E-state index is 3.41. The van der Waals surface area contributed by atoms with Crippen molar-refractivity contribution >= 4 is 22.2 Å². The molecule has 0 aliphatic rings. The van der Waals surface area contributed by atoms with Crippen molar-refractivity contribution in [1.29, 1.82) is 0 Å². The number of hydrogen-bond acceptors (Lipinski definition) is 2. The number of aryl methyl sites for hydroxylation is 2.